The first-order chi connectivity index (χ1) is 17.9. The zero-order valence-electron chi connectivity index (χ0n) is 21.2. The van der Waals surface area contributed by atoms with E-state index < -0.39 is 0 Å². The Morgan fingerprint density at radius 1 is 1.08 bits per heavy atom. The fourth-order valence-corrected chi connectivity index (χ4v) is 5.48. The largest absolute Gasteiger partial charge is 0.496 e. The lowest BCUT2D eigenvalue weighted by molar-refractivity contribution is -0.384. The van der Waals surface area contributed by atoms with Gasteiger partial charge in [-0.3, -0.25) is 14.9 Å². The second-order valence-corrected chi connectivity index (χ2v) is 9.58. The number of hydrogen-bond donors (Lipinski definition) is 0. The van der Waals surface area contributed by atoms with Gasteiger partial charge in [-0.2, -0.15) is 0 Å². The van der Waals surface area contributed by atoms with Gasteiger partial charge in [0, 0.05) is 47.7 Å². The van der Waals surface area contributed by atoms with E-state index in [0.29, 0.717) is 47.2 Å². The summed E-state index contributed by atoms with van der Waals surface area (Å²) in [5, 5.41) is 14.2. The molecule has 0 spiro atoms. The molecule has 1 fully saturated rings. The van der Waals surface area contributed by atoms with Crippen molar-refractivity contribution in [3.63, 3.8) is 0 Å². The van der Waals surface area contributed by atoms with Crippen LogP contribution in [0.15, 0.2) is 47.4 Å². The summed E-state index contributed by atoms with van der Waals surface area (Å²) in [5.74, 6) is 1.87. The summed E-state index contributed by atoms with van der Waals surface area (Å²) in [4.78, 5) is 30.8. The predicted molar refractivity (Wildman–Crippen MR) is 143 cm³/mol. The predicted octanol–water partition coefficient (Wildman–Crippen LogP) is 5.55. The van der Waals surface area contributed by atoms with Crippen molar-refractivity contribution in [3.05, 3.63) is 68.0 Å². The lowest BCUT2D eigenvalue weighted by Gasteiger charge is -2.31. The SMILES string of the molecule is COc1cc(OC)c(OC)cc1C=C(C)C(=O)N1CCC(c2nc(-c3ccccc3[N+](=O)[O-])cs2)CC1. The van der Waals surface area contributed by atoms with Gasteiger partial charge in [-0.25, -0.2) is 4.98 Å². The van der Waals surface area contributed by atoms with Crippen molar-refractivity contribution in [2.24, 2.45) is 0 Å². The van der Waals surface area contributed by atoms with Gasteiger partial charge in [0.15, 0.2) is 11.5 Å². The van der Waals surface area contributed by atoms with Gasteiger partial charge in [0.25, 0.3) is 5.69 Å². The highest BCUT2D eigenvalue weighted by atomic mass is 32.1. The Balaban J connectivity index is 1.44. The minimum atomic E-state index is -0.383. The van der Waals surface area contributed by atoms with E-state index in [-0.39, 0.29) is 22.4 Å². The second kappa shape index (κ2) is 11.4. The van der Waals surface area contributed by atoms with Gasteiger partial charge in [-0.1, -0.05) is 12.1 Å². The van der Waals surface area contributed by atoms with E-state index in [2.05, 4.69) is 0 Å². The molecule has 0 aliphatic carbocycles. The highest BCUT2D eigenvalue weighted by Gasteiger charge is 2.27. The first-order valence-corrected chi connectivity index (χ1v) is 12.7. The molecule has 37 heavy (non-hydrogen) atoms. The van der Waals surface area contributed by atoms with Gasteiger partial charge in [0.1, 0.15) is 5.75 Å². The summed E-state index contributed by atoms with van der Waals surface area (Å²) in [6.45, 7) is 3.01. The van der Waals surface area contributed by atoms with E-state index in [1.54, 1.807) is 64.7 Å². The monoisotopic (exact) mass is 523 g/mol. The van der Waals surface area contributed by atoms with Crippen molar-refractivity contribution < 1.29 is 23.9 Å². The number of ether oxygens (including phenoxy) is 3. The van der Waals surface area contributed by atoms with E-state index >= 15 is 0 Å². The average Bonchev–Trinajstić information content (AvgIpc) is 3.42. The Hall–Kier alpha value is -3.92. The third kappa shape index (κ3) is 5.59. The molecule has 9 nitrogen and oxygen atoms in total. The van der Waals surface area contributed by atoms with Crippen LogP contribution in [0.25, 0.3) is 17.3 Å². The number of para-hydroxylation sites is 1. The molecule has 1 aliphatic heterocycles. The van der Waals surface area contributed by atoms with Crippen LogP contribution in [0.3, 0.4) is 0 Å². The molecule has 0 unspecified atom stereocenters. The van der Waals surface area contributed by atoms with Crippen LogP contribution >= 0.6 is 11.3 Å². The molecule has 1 aromatic heterocycles. The Labute approximate surface area is 219 Å². The van der Waals surface area contributed by atoms with Crippen LogP contribution in [-0.2, 0) is 4.79 Å². The summed E-state index contributed by atoms with van der Waals surface area (Å²) >= 11 is 1.52. The van der Waals surface area contributed by atoms with Crippen molar-refractivity contribution in [3.8, 4) is 28.5 Å². The fraction of sp³-hybridized carbons (Fsp3) is 0.333. The van der Waals surface area contributed by atoms with Crippen LogP contribution in [0, 0.1) is 10.1 Å². The van der Waals surface area contributed by atoms with Crippen LogP contribution in [0.5, 0.6) is 17.2 Å². The molecule has 1 amide bonds. The summed E-state index contributed by atoms with van der Waals surface area (Å²) < 4.78 is 16.2. The van der Waals surface area contributed by atoms with Gasteiger partial charge in [0.2, 0.25) is 5.91 Å². The third-order valence-corrected chi connectivity index (χ3v) is 7.48. The Bertz CT molecular complexity index is 1330. The molecule has 0 radical (unpaired) electrons. The Morgan fingerprint density at radius 3 is 2.38 bits per heavy atom. The molecule has 0 saturated carbocycles. The molecule has 194 valence electrons. The first kappa shape index (κ1) is 26.2. The van der Waals surface area contributed by atoms with E-state index in [1.165, 1.54) is 17.4 Å². The average molecular weight is 524 g/mol. The summed E-state index contributed by atoms with van der Waals surface area (Å²) in [6.07, 6.45) is 3.36. The number of nitro groups is 1. The second-order valence-electron chi connectivity index (χ2n) is 8.69. The van der Waals surface area contributed by atoms with E-state index in [4.69, 9.17) is 19.2 Å². The molecule has 2 aromatic carbocycles. The number of carbonyl (C=O) groups excluding carboxylic acids is 1. The number of benzene rings is 2. The smallest absolute Gasteiger partial charge is 0.278 e. The maximum absolute atomic E-state index is 13.2. The van der Waals surface area contributed by atoms with E-state index in [1.807, 2.05) is 10.3 Å². The number of likely N-dealkylation sites (tertiary alicyclic amines) is 1. The zero-order chi connectivity index (χ0) is 26.5. The lowest BCUT2D eigenvalue weighted by atomic mass is 9.96. The minimum Gasteiger partial charge on any atom is -0.496 e. The number of aromatic nitrogens is 1. The molecule has 10 heteroatoms. The molecular weight excluding hydrogens is 494 g/mol. The number of nitrogens with zero attached hydrogens (tertiary/aromatic N) is 3. The standard InChI is InChI=1S/C27H29N3O6S/c1-17(13-19-14-24(35-3)25(36-4)15-23(19)34-2)27(31)29-11-9-18(10-12-29)26-28-21(16-37-26)20-7-5-6-8-22(20)30(32)33/h5-8,13-16,18H,9-12H2,1-4H3. The molecule has 4 rings (SSSR count). The number of amides is 1. The van der Waals surface area contributed by atoms with E-state index in [0.717, 1.165) is 23.4 Å². The maximum Gasteiger partial charge on any atom is 0.278 e. The molecule has 1 saturated heterocycles. The van der Waals surface area contributed by atoms with Crippen molar-refractivity contribution >= 4 is 29.0 Å². The van der Waals surface area contributed by atoms with Gasteiger partial charge in [-0.05, 0) is 38.0 Å². The number of thiazole rings is 1. The molecule has 3 aromatic rings. The summed E-state index contributed by atoms with van der Waals surface area (Å²) in [6, 6.07) is 10.2. The highest BCUT2D eigenvalue weighted by molar-refractivity contribution is 7.10. The summed E-state index contributed by atoms with van der Waals surface area (Å²) in [5.41, 5.74) is 2.51. The summed E-state index contributed by atoms with van der Waals surface area (Å²) in [7, 11) is 4.69. The lowest BCUT2D eigenvalue weighted by Crippen LogP contribution is -2.38. The van der Waals surface area contributed by atoms with Crippen molar-refractivity contribution in [2.45, 2.75) is 25.7 Å². The molecule has 0 N–H and O–H groups in total. The number of hydrogen-bond acceptors (Lipinski definition) is 8. The van der Waals surface area contributed by atoms with Gasteiger partial charge < -0.3 is 19.1 Å². The quantitative estimate of drug-likeness (QED) is 0.216. The highest BCUT2D eigenvalue weighted by Crippen LogP contribution is 2.37. The maximum atomic E-state index is 13.2. The molecular formula is C27H29N3O6S. The topological polar surface area (TPSA) is 104 Å². The third-order valence-electron chi connectivity index (χ3n) is 6.48. The number of methoxy groups -OCH3 is 3. The van der Waals surface area contributed by atoms with Gasteiger partial charge in [0.05, 0.1) is 42.5 Å². The van der Waals surface area contributed by atoms with Crippen LogP contribution in [-0.4, -0.2) is 55.1 Å². The van der Waals surface area contributed by atoms with E-state index in [9.17, 15) is 14.9 Å². The fourth-order valence-electron chi connectivity index (χ4n) is 4.49. The van der Waals surface area contributed by atoms with Crippen LogP contribution in [0.1, 0.15) is 36.3 Å². The van der Waals surface area contributed by atoms with Crippen molar-refractivity contribution in [1.29, 1.82) is 0 Å². The van der Waals surface area contributed by atoms with Crippen LogP contribution in [0.4, 0.5) is 5.69 Å². The first-order valence-electron chi connectivity index (χ1n) is 11.8. The Morgan fingerprint density at radius 2 is 1.73 bits per heavy atom. The normalized spacial score (nSPS) is 14.4. The number of piperidine rings is 1. The van der Waals surface area contributed by atoms with Crippen molar-refractivity contribution in [1.82, 2.24) is 9.88 Å². The van der Waals surface area contributed by atoms with Gasteiger partial charge in [-0.15, -0.1) is 11.3 Å². The Kier molecular flexibility index (Phi) is 8.08. The molecule has 2 heterocycles. The minimum absolute atomic E-state index is 0.0324. The number of nitro benzene ring substituents is 1. The molecule has 0 bridgehead atoms. The number of carbonyl (C=O) groups is 1. The number of rotatable bonds is 8. The molecule has 1 aliphatic rings. The van der Waals surface area contributed by atoms with Crippen LogP contribution in [0.2, 0.25) is 0 Å². The van der Waals surface area contributed by atoms with Crippen LogP contribution < -0.4 is 14.2 Å². The van der Waals surface area contributed by atoms with Gasteiger partial charge >= 0.3 is 0 Å². The zero-order valence-corrected chi connectivity index (χ0v) is 22.0. The molecule has 0 atom stereocenters. The van der Waals surface area contributed by atoms with Crippen molar-refractivity contribution in [2.75, 3.05) is 34.4 Å².